The van der Waals surface area contributed by atoms with Crippen LogP contribution in [0.25, 0.3) is 10.9 Å². The van der Waals surface area contributed by atoms with Crippen molar-refractivity contribution < 1.29 is 22.8 Å². The van der Waals surface area contributed by atoms with Crippen LogP contribution in [0.15, 0.2) is 72.0 Å². The third kappa shape index (κ3) is 5.37. The predicted octanol–water partition coefficient (Wildman–Crippen LogP) is 7.87. The summed E-state index contributed by atoms with van der Waals surface area (Å²) in [6, 6.07) is 16.2. The quantitative estimate of drug-likeness (QED) is 0.247. The summed E-state index contributed by atoms with van der Waals surface area (Å²) in [5.41, 5.74) is 2.64. The second kappa shape index (κ2) is 9.91. The maximum absolute atomic E-state index is 13.0. The van der Waals surface area contributed by atoms with Gasteiger partial charge in [-0.2, -0.15) is 13.2 Å². The molecule has 2 aromatic carbocycles. The summed E-state index contributed by atoms with van der Waals surface area (Å²) >= 11 is 7.17. The van der Waals surface area contributed by atoms with Gasteiger partial charge in [0.25, 0.3) is 0 Å². The smallest absolute Gasteiger partial charge is 0.392 e. The van der Waals surface area contributed by atoms with Crippen molar-refractivity contribution in [3.8, 4) is 0 Å². The Morgan fingerprint density at radius 3 is 2.64 bits per heavy atom. The van der Waals surface area contributed by atoms with Gasteiger partial charge >= 0.3 is 6.18 Å². The largest absolute Gasteiger partial charge is 0.416 e. The molecule has 1 N–H and O–H groups in total. The maximum atomic E-state index is 13.0. The first kappa shape index (κ1) is 24.3. The van der Waals surface area contributed by atoms with E-state index in [9.17, 15) is 18.0 Å². The summed E-state index contributed by atoms with van der Waals surface area (Å²) in [4.78, 5) is 22.5. The molecule has 1 aliphatic heterocycles. The van der Waals surface area contributed by atoms with Gasteiger partial charge in [0.1, 0.15) is 6.10 Å². The average Bonchev–Trinajstić information content (AvgIpc) is 3.52. The SMILES string of the molecule is O=C(CCC1CC(c2ccc(Nc3ccnc4cc(C(F)(F)F)ccc34)cc2)=NO1)c1ccc(Cl)s1. The Hall–Kier alpha value is -3.43. The molecule has 3 heterocycles. The fraction of sp³-hybridized carbons (Fsp3) is 0.192. The number of anilines is 2. The number of aromatic nitrogens is 1. The Morgan fingerprint density at radius 1 is 1.11 bits per heavy atom. The zero-order chi connectivity index (χ0) is 25.3. The Bertz CT molecular complexity index is 1450. The lowest BCUT2D eigenvalue weighted by Crippen LogP contribution is -2.11. The molecule has 184 valence electrons. The number of Topliss-reactive ketones (excluding diaryl/α,β-unsaturated/α-hetero) is 1. The Kier molecular flexibility index (Phi) is 6.68. The maximum Gasteiger partial charge on any atom is 0.416 e. The number of rotatable bonds is 7. The number of benzene rings is 2. The summed E-state index contributed by atoms with van der Waals surface area (Å²) in [5.74, 6) is 0.0395. The molecular weight excluding hydrogens is 511 g/mol. The van der Waals surface area contributed by atoms with Gasteiger partial charge in [0, 0.05) is 35.8 Å². The van der Waals surface area contributed by atoms with Crippen LogP contribution in [-0.4, -0.2) is 22.6 Å². The topological polar surface area (TPSA) is 63.6 Å². The van der Waals surface area contributed by atoms with Gasteiger partial charge in [0.2, 0.25) is 0 Å². The van der Waals surface area contributed by atoms with E-state index in [-0.39, 0.29) is 17.4 Å². The number of nitrogens with one attached hydrogen (secondary N) is 1. The van der Waals surface area contributed by atoms with Crippen molar-refractivity contribution in [2.24, 2.45) is 5.16 Å². The minimum absolute atomic E-state index is 0.0395. The van der Waals surface area contributed by atoms with Gasteiger partial charge in [0.05, 0.1) is 26.0 Å². The van der Waals surface area contributed by atoms with Gasteiger partial charge in [-0.25, -0.2) is 0 Å². The minimum Gasteiger partial charge on any atom is -0.392 e. The van der Waals surface area contributed by atoms with Crippen LogP contribution >= 0.6 is 22.9 Å². The molecule has 0 spiro atoms. The molecule has 2 aromatic heterocycles. The summed E-state index contributed by atoms with van der Waals surface area (Å²) < 4.78 is 39.7. The van der Waals surface area contributed by atoms with Crippen LogP contribution in [0.4, 0.5) is 24.5 Å². The first-order chi connectivity index (χ1) is 17.3. The number of thiophene rings is 1. The highest BCUT2D eigenvalue weighted by Gasteiger charge is 2.30. The Balaban J connectivity index is 1.21. The number of carbonyl (C=O) groups is 1. The highest BCUT2D eigenvalue weighted by molar-refractivity contribution is 7.18. The number of alkyl halides is 3. The number of oxime groups is 1. The van der Waals surface area contributed by atoms with E-state index in [0.29, 0.717) is 39.5 Å². The summed E-state index contributed by atoms with van der Waals surface area (Å²) in [7, 11) is 0. The standard InChI is InChI=1S/C26H19ClF3N3O2S/c27-25-10-9-24(36-25)23(34)8-6-18-14-21(33-35-18)15-1-4-17(5-2-15)32-20-11-12-31-22-13-16(26(28,29)30)3-7-19(20)22/h1-5,7,9-13,18H,6,8,14H2,(H,31,32). The molecule has 0 saturated carbocycles. The molecule has 0 fully saturated rings. The zero-order valence-corrected chi connectivity index (χ0v) is 20.3. The van der Waals surface area contributed by atoms with E-state index >= 15 is 0 Å². The van der Waals surface area contributed by atoms with Crippen LogP contribution in [0.2, 0.25) is 4.34 Å². The number of hydrogen-bond donors (Lipinski definition) is 1. The molecule has 0 bridgehead atoms. The molecule has 5 rings (SSSR count). The molecule has 0 aliphatic carbocycles. The molecule has 0 saturated heterocycles. The van der Waals surface area contributed by atoms with Crippen LogP contribution < -0.4 is 5.32 Å². The third-order valence-electron chi connectivity index (χ3n) is 5.84. The fourth-order valence-corrected chi connectivity index (χ4v) is 4.98. The van der Waals surface area contributed by atoms with Gasteiger partial charge in [-0.15, -0.1) is 11.3 Å². The normalized spacial score (nSPS) is 15.6. The summed E-state index contributed by atoms with van der Waals surface area (Å²) in [5, 5.41) is 8.02. The lowest BCUT2D eigenvalue weighted by Gasteiger charge is -2.12. The molecule has 5 nitrogen and oxygen atoms in total. The number of halogens is 4. The van der Waals surface area contributed by atoms with E-state index in [0.717, 1.165) is 29.1 Å². The van der Waals surface area contributed by atoms with Crippen molar-refractivity contribution >= 4 is 56.7 Å². The number of nitrogens with zero attached hydrogens (tertiary/aromatic N) is 2. The van der Waals surface area contributed by atoms with Gasteiger partial charge in [-0.3, -0.25) is 9.78 Å². The van der Waals surface area contributed by atoms with E-state index in [4.69, 9.17) is 16.4 Å². The van der Waals surface area contributed by atoms with Gasteiger partial charge in [-0.1, -0.05) is 35.0 Å². The summed E-state index contributed by atoms with van der Waals surface area (Å²) in [6.07, 6.45) is -1.59. The molecule has 0 amide bonds. The van der Waals surface area contributed by atoms with E-state index in [1.807, 2.05) is 24.3 Å². The van der Waals surface area contributed by atoms with E-state index < -0.39 is 11.7 Å². The lowest BCUT2D eigenvalue weighted by molar-refractivity contribution is -0.137. The van der Waals surface area contributed by atoms with Crippen LogP contribution in [0.3, 0.4) is 0 Å². The van der Waals surface area contributed by atoms with Crippen molar-refractivity contribution in [2.45, 2.75) is 31.5 Å². The monoisotopic (exact) mass is 529 g/mol. The molecule has 4 aromatic rings. The fourth-order valence-electron chi connectivity index (χ4n) is 3.97. The van der Waals surface area contributed by atoms with Crippen LogP contribution in [0.5, 0.6) is 0 Å². The number of carbonyl (C=O) groups excluding carboxylic acids is 1. The minimum atomic E-state index is -4.42. The van der Waals surface area contributed by atoms with Gasteiger partial charge in [0.15, 0.2) is 5.78 Å². The first-order valence-electron chi connectivity index (χ1n) is 11.1. The lowest BCUT2D eigenvalue weighted by atomic mass is 10.0. The average molecular weight is 530 g/mol. The van der Waals surface area contributed by atoms with E-state index in [1.165, 1.54) is 23.6 Å². The number of pyridine rings is 1. The van der Waals surface area contributed by atoms with Crippen molar-refractivity contribution in [3.05, 3.63) is 87.2 Å². The molecule has 0 radical (unpaired) electrons. The molecule has 36 heavy (non-hydrogen) atoms. The van der Waals surface area contributed by atoms with Crippen LogP contribution in [-0.2, 0) is 11.0 Å². The second-order valence-electron chi connectivity index (χ2n) is 8.33. The van der Waals surface area contributed by atoms with E-state index in [1.54, 1.807) is 18.2 Å². The van der Waals surface area contributed by atoms with Crippen molar-refractivity contribution in [1.82, 2.24) is 4.98 Å². The predicted molar refractivity (Wildman–Crippen MR) is 135 cm³/mol. The molecule has 1 aliphatic rings. The molecular formula is C26H19ClF3N3O2S. The Labute approximate surface area is 213 Å². The first-order valence-corrected chi connectivity index (χ1v) is 12.3. The third-order valence-corrected chi connectivity index (χ3v) is 7.11. The summed E-state index contributed by atoms with van der Waals surface area (Å²) in [6.45, 7) is 0. The molecule has 1 unspecified atom stereocenters. The number of fused-ring (bicyclic) bond motifs is 1. The van der Waals surface area contributed by atoms with E-state index in [2.05, 4.69) is 15.5 Å². The zero-order valence-electron chi connectivity index (χ0n) is 18.7. The highest BCUT2D eigenvalue weighted by atomic mass is 35.5. The van der Waals surface area contributed by atoms with Gasteiger partial charge in [-0.05, 0) is 54.4 Å². The second-order valence-corrected chi connectivity index (χ2v) is 10.0. The molecule has 10 heteroatoms. The number of ketones is 1. The van der Waals surface area contributed by atoms with Crippen LogP contribution in [0.1, 0.15) is 40.1 Å². The van der Waals surface area contributed by atoms with Crippen molar-refractivity contribution in [2.75, 3.05) is 5.32 Å². The Morgan fingerprint density at radius 2 is 1.92 bits per heavy atom. The number of hydrogen-bond acceptors (Lipinski definition) is 6. The van der Waals surface area contributed by atoms with Gasteiger partial charge < -0.3 is 10.2 Å². The van der Waals surface area contributed by atoms with Crippen molar-refractivity contribution in [1.29, 1.82) is 0 Å². The van der Waals surface area contributed by atoms with Crippen LogP contribution in [0, 0.1) is 0 Å². The highest BCUT2D eigenvalue weighted by Crippen LogP contribution is 2.33. The molecule has 1 atom stereocenters. The van der Waals surface area contributed by atoms with Crippen molar-refractivity contribution in [3.63, 3.8) is 0 Å².